The number of carbonyl (C=O) groups is 1. The van der Waals surface area contributed by atoms with Crippen LogP contribution in [0.25, 0.3) is 11.3 Å². The number of aryl methyl sites for hydroxylation is 2. The SMILES string of the molecule is CCn1c(CSCc2ccc(C)cc2)nnc1SCC(=O)Nc1nc(-c2ccccc2)c(C)s1. The van der Waals surface area contributed by atoms with Gasteiger partial charge in [0.15, 0.2) is 10.3 Å². The quantitative estimate of drug-likeness (QED) is 0.257. The Balaban J connectivity index is 1.30. The average molecular weight is 510 g/mol. The van der Waals surface area contributed by atoms with Crippen molar-refractivity contribution in [2.75, 3.05) is 11.1 Å². The summed E-state index contributed by atoms with van der Waals surface area (Å²) in [5.41, 5.74) is 4.53. The molecule has 0 saturated heterocycles. The summed E-state index contributed by atoms with van der Waals surface area (Å²) in [7, 11) is 0. The van der Waals surface area contributed by atoms with E-state index in [1.165, 1.54) is 34.2 Å². The Kier molecular flexibility index (Phi) is 8.42. The first-order valence-corrected chi connectivity index (χ1v) is 14.0. The molecule has 1 N–H and O–H groups in total. The Morgan fingerprint density at radius 1 is 1.03 bits per heavy atom. The lowest BCUT2D eigenvalue weighted by atomic mass is 10.1. The highest BCUT2D eigenvalue weighted by molar-refractivity contribution is 7.99. The van der Waals surface area contributed by atoms with Crippen LogP contribution in [0.15, 0.2) is 59.8 Å². The van der Waals surface area contributed by atoms with Crippen LogP contribution in [-0.2, 0) is 22.8 Å². The molecule has 34 heavy (non-hydrogen) atoms. The molecule has 2 aromatic heterocycles. The topological polar surface area (TPSA) is 72.7 Å². The summed E-state index contributed by atoms with van der Waals surface area (Å²) in [5.74, 6) is 2.81. The number of amides is 1. The number of hydrogen-bond acceptors (Lipinski definition) is 7. The van der Waals surface area contributed by atoms with Crippen LogP contribution >= 0.6 is 34.9 Å². The summed E-state index contributed by atoms with van der Waals surface area (Å²) in [6.45, 7) is 6.96. The highest BCUT2D eigenvalue weighted by atomic mass is 32.2. The van der Waals surface area contributed by atoms with Crippen LogP contribution in [0.3, 0.4) is 0 Å². The molecule has 6 nitrogen and oxygen atoms in total. The van der Waals surface area contributed by atoms with E-state index in [4.69, 9.17) is 0 Å². The van der Waals surface area contributed by atoms with Gasteiger partial charge < -0.3 is 9.88 Å². The molecular formula is C25H27N5OS3. The van der Waals surface area contributed by atoms with Gasteiger partial charge in [0.05, 0.1) is 17.2 Å². The number of thioether (sulfide) groups is 2. The maximum Gasteiger partial charge on any atom is 0.236 e. The molecule has 0 aliphatic rings. The molecule has 1 amide bonds. The van der Waals surface area contributed by atoms with E-state index >= 15 is 0 Å². The molecule has 0 spiro atoms. The second kappa shape index (κ2) is 11.7. The van der Waals surface area contributed by atoms with E-state index in [1.807, 2.05) is 49.0 Å². The fraction of sp³-hybridized carbons (Fsp3) is 0.280. The molecular weight excluding hydrogens is 483 g/mol. The predicted octanol–water partition coefficient (Wildman–Crippen LogP) is 6.20. The van der Waals surface area contributed by atoms with Crippen LogP contribution in [0.4, 0.5) is 5.13 Å². The van der Waals surface area contributed by atoms with Gasteiger partial charge in [0, 0.05) is 22.7 Å². The number of carbonyl (C=O) groups excluding carboxylic acids is 1. The molecule has 0 unspecified atom stereocenters. The number of nitrogens with one attached hydrogen (secondary N) is 1. The van der Waals surface area contributed by atoms with E-state index in [0.29, 0.717) is 5.13 Å². The van der Waals surface area contributed by atoms with Crippen molar-refractivity contribution in [2.24, 2.45) is 0 Å². The summed E-state index contributed by atoms with van der Waals surface area (Å²) in [5, 5.41) is 13.0. The fourth-order valence-electron chi connectivity index (χ4n) is 3.39. The van der Waals surface area contributed by atoms with E-state index in [9.17, 15) is 4.79 Å². The molecule has 0 fully saturated rings. The molecule has 2 heterocycles. The summed E-state index contributed by atoms with van der Waals surface area (Å²) >= 11 is 4.71. The summed E-state index contributed by atoms with van der Waals surface area (Å²) < 4.78 is 2.08. The molecule has 0 bridgehead atoms. The molecule has 176 valence electrons. The van der Waals surface area contributed by atoms with Crippen molar-refractivity contribution in [3.8, 4) is 11.3 Å². The van der Waals surface area contributed by atoms with E-state index in [1.54, 1.807) is 0 Å². The minimum Gasteiger partial charge on any atom is -0.306 e. The van der Waals surface area contributed by atoms with Gasteiger partial charge in [0.25, 0.3) is 0 Å². The Hall–Kier alpha value is -2.62. The van der Waals surface area contributed by atoms with E-state index in [-0.39, 0.29) is 11.7 Å². The first-order valence-electron chi connectivity index (χ1n) is 11.0. The second-order valence-electron chi connectivity index (χ2n) is 7.75. The van der Waals surface area contributed by atoms with Crippen molar-refractivity contribution < 1.29 is 4.79 Å². The van der Waals surface area contributed by atoms with Crippen molar-refractivity contribution in [1.29, 1.82) is 0 Å². The molecule has 4 aromatic rings. The zero-order chi connectivity index (χ0) is 23.9. The van der Waals surface area contributed by atoms with Gasteiger partial charge >= 0.3 is 0 Å². The predicted molar refractivity (Wildman–Crippen MR) is 144 cm³/mol. The van der Waals surface area contributed by atoms with E-state index in [0.717, 1.165) is 45.2 Å². The third kappa shape index (κ3) is 6.28. The van der Waals surface area contributed by atoms with E-state index < -0.39 is 0 Å². The monoisotopic (exact) mass is 509 g/mol. The number of anilines is 1. The Morgan fingerprint density at radius 2 is 1.79 bits per heavy atom. The van der Waals surface area contributed by atoms with Crippen LogP contribution < -0.4 is 5.32 Å². The standard InChI is InChI=1S/C25H27N5OS3/c1-4-30-21(15-32-14-19-12-10-17(2)11-13-19)28-29-25(30)33-16-22(31)26-24-27-23(18(3)34-24)20-8-6-5-7-9-20/h5-13H,4,14-16H2,1-3H3,(H,26,27,31). The number of benzene rings is 2. The van der Waals surface area contributed by atoms with Gasteiger partial charge in [-0.1, -0.05) is 71.9 Å². The molecule has 0 aliphatic carbocycles. The molecule has 9 heteroatoms. The normalized spacial score (nSPS) is 11.0. The molecule has 0 aliphatic heterocycles. The molecule has 2 aromatic carbocycles. The van der Waals surface area contributed by atoms with Crippen LogP contribution in [0, 0.1) is 13.8 Å². The molecule has 4 rings (SSSR count). The van der Waals surface area contributed by atoms with Crippen molar-refractivity contribution in [3.63, 3.8) is 0 Å². The smallest absolute Gasteiger partial charge is 0.236 e. The summed E-state index contributed by atoms with van der Waals surface area (Å²) in [6.07, 6.45) is 0. The van der Waals surface area contributed by atoms with Gasteiger partial charge in [-0.2, -0.15) is 0 Å². The lowest BCUT2D eigenvalue weighted by Gasteiger charge is -2.07. The zero-order valence-corrected chi connectivity index (χ0v) is 21.9. The third-order valence-electron chi connectivity index (χ3n) is 5.15. The second-order valence-corrected chi connectivity index (χ2v) is 10.9. The van der Waals surface area contributed by atoms with Crippen molar-refractivity contribution in [2.45, 2.75) is 44.0 Å². The summed E-state index contributed by atoms with van der Waals surface area (Å²) in [6, 6.07) is 18.6. The Bertz CT molecular complexity index is 1240. The number of hydrogen-bond donors (Lipinski definition) is 1. The number of thiazole rings is 1. The van der Waals surface area contributed by atoms with Gasteiger partial charge in [-0.25, -0.2) is 4.98 Å². The van der Waals surface area contributed by atoms with Gasteiger partial charge in [-0.15, -0.1) is 33.3 Å². The summed E-state index contributed by atoms with van der Waals surface area (Å²) in [4.78, 5) is 18.3. The first kappa shape index (κ1) is 24.5. The maximum atomic E-state index is 12.6. The first-order chi connectivity index (χ1) is 16.5. The van der Waals surface area contributed by atoms with Crippen molar-refractivity contribution >= 4 is 45.9 Å². The zero-order valence-electron chi connectivity index (χ0n) is 19.4. The van der Waals surface area contributed by atoms with Gasteiger partial charge in [-0.3, -0.25) is 4.79 Å². The number of nitrogens with zero attached hydrogens (tertiary/aromatic N) is 4. The molecule has 0 atom stereocenters. The lowest BCUT2D eigenvalue weighted by Crippen LogP contribution is -2.14. The Labute approximate surface area is 212 Å². The number of aromatic nitrogens is 4. The highest BCUT2D eigenvalue weighted by Gasteiger charge is 2.15. The highest BCUT2D eigenvalue weighted by Crippen LogP contribution is 2.30. The molecule has 0 saturated carbocycles. The van der Waals surface area contributed by atoms with Crippen molar-refractivity contribution in [3.05, 3.63) is 76.4 Å². The van der Waals surface area contributed by atoms with Gasteiger partial charge in [-0.05, 0) is 26.3 Å². The fourth-order valence-corrected chi connectivity index (χ4v) is 5.99. The van der Waals surface area contributed by atoms with Crippen LogP contribution in [-0.4, -0.2) is 31.4 Å². The van der Waals surface area contributed by atoms with Gasteiger partial charge in [0.1, 0.15) is 5.82 Å². The van der Waals surface area contributed by atoms with Crippen LogP contribution in [0.5, 0.6) is 0 Å². The van der Waals surface area contributed by atoms with Gasteiger partial charge in [0.2, 0.25) is 5.91 Å². The van der Waals surface area contributed by atoms with Crippen LogP contribution in [0.1, 0.15) is 28.8 Å². The molecule has 0 radical (unpaired) electrons. The minimum atomic E-state index is -0.0979. The Morgan fingerprint density at radius 3 is 2.53 bits per heavy atom. The van der Waals surface area contributed by atoms with Crippen LogP contribution in [0.2, 0.25) is 0 Å². The maximum absolute atomic E-state index is 12.6. The van der Waals surface area contributed by atoms with Crippen molar-refractivity contribution in [1.82, 2.24) is 19.7 Å². The largest absolute Gasteiger partial charge is 0.306 e. The average Bonchev–Trinajstić information content (AvgIpc) is 3.41. The van der Waals surface area contributed by atoms with E-state index in [2.05, 4.69) is 63.2 Å². The minimum absolute atomic E-state index is 0.0979. The number of rotatable bonds is 10. The third-order valence-corrected chi connectivity index (χ3v) is 8.01. The lowest BCUT2D eigenvalue weighted by molar-refractivity contribution is -0.113.